The highest BCUT2D eigenvalue weighted by atomic mass is 16.2. The molecule has 0 spiro atoms. The van der Waals surface area contributed by atoms with Gasteiger partial charge in [-0.15, -0.1) is 0 Å². The van der Waals surface area contributed by atoms with Crippen LogP contribution < -0.4 is 0 Å². The van der Waals surface area contributed by atoms with Gasteiger partial charge in [-0.3, -0.25) is 9.59 Å². The van der Waals surface area contributed by atoms with E-state index in [9.17, 15) is 9.59 Å². The Hall–Kier alpha value is -2.30. The first-order valence-corrected chi connectivity index (χ1v) is 10.8. The smallest absolute Gasteiger partial charge is 0.223 e. The van der Waals surface area contributed by atoms with E-state index >= 15 is 0 Å². The molecule has 150 valence electrons. The van der Waals surface area contributed by atoms with E-state index in [0.29, 0.717) is 39.0 Å². The van der Waals surface area contributed by atoms with Crippen molar-refractivity contribution in [2.75, 3.05) is 26.2 Å². The van der Waals surface area contributed by atoms with Gasteiger partial charge in [0.1, 0.15) is 0 Å². The predicted octanol–water partition coefficient (Wildman–Crippen LogP) is 3.74. The number of carbonyl (C=O) groups excluding carboxylic acids is 2. The molecule has 0 atom stereocenters. The van der Waals surface area contributed by atoms with Crippen LogP contribution in [0.15, 0.2) is 30.5 Å². The summed E-state index contributed by atoms with van der Waals surface area (Å²) in [6, 6.07) is 8.21. The fourth-order valence-corrected chi connectivity index (χ4v) is 4.73. The minimum atomic E-state index is 0.198. The van der Waals surface area contributed by atoms with Crippen LogP contribution in [0.3, 0.4) is 0 Å². The van der Waals surface area contributed by atoms with E-state index in [-0.39, 0.29) is 11.8 Å². The quantitative estimate of drug-likeness (QED) is 0.829. The standard InChI is InChI=1S/C23H31N3O2/c27-22(11-9-18-5-1-2-6-18)25-13-15-26(16-14-25)23(28)12-10-19-17-24-21-8-4-3-7-20(19)21/h3-4,7-8,17-18,24H,1-2,5-6,9-16H2. The highest BCUT2D eigenvalue weighted by Crippen LogP contribution is 2.28. The Morgan fingerprint density at radius 1 is 0.929 bits per heavy atom. The van der Waals surface area contributed by atoms with Gasteiger partial charge in [-0.2, -0.15) is 0 Å². The summed E-state index contributed by atoms with van der Waals surface area (Å²) in [7, 11) is 0. The maximum absolute atomic E-state index is 12.6. The topological polar surface area (TPSA) is 56.4 Å². The van der Waals surface area contributed by atoms with Crippen molar-refractivity contribution < 1.29 is 9.59 Å². The highest BCUT2D eigenvalue weighted by Gasteiger charge is 2.25. The zero-order chi connectivity index (χ0) is 19.3. The van der Waals surface area contributed by atoms with E-state index in [4.69, 9.17) is 0 Å². The fraction of sp³-hybridized carbons (Fsp3) is 0.565. The summed E-state index contributed by atoms with van der Waals surface area (Å²) >= 11 is 0. The van der Waals surface area contributed by atoms with E-state index in [0.717, 1.165) is 24.3 Å². The first-order chi connectivity index (χ1) is 13.7. The normalized spacial score (nSPS) is 18.1. The molecule has 0 unspecified atom stereocenters. The number of nitrogens with zero attached hydrogens (tertiary/aromatic N) is 2. The summed E-state index contributed by atoms with van der Waals surface area (Å²) in [6.45, 7) is 2.70. The van der Waals surface area contributed by atoms with Gasteiger partial charge in [-0.25, -0.2) is 0 Å². The van der Waals surface area contributed by atoms with Gasteiger partial charge in [0.25, 0.3) is 0 Å². The van der Waals surface area contributed by atoms with Crippen molar-refractivity contribution in [2.24, 2.45) is 5.92 Å². The predicted molar refractivity (Wildman–Crippen MR) is 111 cm³/mol. The number of H-pyrrole nitrogens is 1. The number of benzene rings is 1. The molecule has 0 radical (unpaired) electrons. The lowest BCUT2D eigenvalue weighted by molar-refractivity contribution is -0.139. The number of amides is 2. The number of para-hydroxylation sites is 1. The molecular formula is C23H31N3O2. The zero-order valence-corrected chi connectivity index (χ0v) is 16.7. The van der Waals surface area contributed by atoms with Crippen LogP contribution in [0.25, 0.3) is 10.9 Å². The first-order valence-electron chi connectivity index (χ1n) is 10.8. The molecule has 5 heteroatoms. The van der Waals surface area contributed by atoms with Crippen molar-refractivity contribution in [2.45, 2.75) is 51.4 Å². The number of aromatic amines is 1. The first kappa shape index (κ1) is 19.0. The summed E-state index contributed by atoms with van der Waals surface area (Å²) in [4.78, 5) is 32.2. The Morgan fingerprint density at radius 2 is 1.57 bits per heavy atom. The number of hydrogen-bond acceptors (Lipinski definition) is 2. The third kappa shape index (κ3) is 4.40. The maximum Gasteiger partial charge on any atom is 0.223 e. The lowest BCUT2D eigenvalue weighted by atomic mass is 10.0. The lowest BCUT2D eigenvalue weighted by Gasteiger charge is -2.35. The summed E-state index contributed by atoms with van der Waals surface area (Å²) in [5, 5.41) is 1.20. The van der Waals surface area contributed by atoms with Crippen LogP contribution in [-0.2, 0) is 16.0 Å². The summed E-state index contributed by atoms with van der Waals surface area (Å²) < 4.78 is 0. The lowest BCUT2D eigenvalue weighted by Crippen LogP contribution is -2.50. The SMILES string of the molecule is O=C(CCc1c[nH]c2ccccc12)N1CCN(C(=O)CCC2CCCC2)CC1. The molecule has 1 saturated carbocycles. The third-order valence-electron chi connectivity index (χ3n) is 6.51. The van der Waals surface area contributed by atoms with Gasteiger partial charge in [0.2, 0.25) is 11.8 Å². The third-order valence-corrected chi connectivity index (χ3v) is 6.51. The Bertz CT molecular complexity index is 814. The van der Waals surface area contributed by atoms with Crippen LogP contribution in [0.1, 0.15) is 50.5 Å². The molecule has 1 aromatic carbocycles. The number of piperazine rings is 1. The van der Waals surface area contributed by atoms with Crippen molar-refractivity contribution in [3.8, 4) is 0 Å². The molecule has 1 aliphatic heterocycles. The monoisotopic (exact) mass is 381 g/mol. The molecule has 2 heterocycles. The number of fused-ring (bicyclic) bond motifs is 1. The minimum absolute atomic E-state index is 0.198. The molecule has 1 aliphatic carbocycles. The van der Waals surface area contributed by atoms with Gasteiger partial charge in [0, 0.05) is 56.1 Å². The van der Waals surface area contributed by atoms with E-state index in [1.165, 1.54) is 36.6 Å². The molecule has 2 aliphatic rings. The maximum atomic E-state index is 12.6. The van der Waals surface area contributed by atoms with Gasteiger partial charge in [0.05, 0.1) is 0 Å². The van der Waals surface area contributed by atoms with Crippen molar-refractivity contribution in [1.29, 1.82) is 0 Å². The van der Waals surface area contributed by atoms with Crippen LogP contribution in [0.5, 0.6) is 0 Å². The van der Waals surface area contributed by atoms with Crippen LogP contribution in [0.4, 0.5) is 0 Å². The number of aromatic nitrogens is 1. The molecule has 1 aromatic heterocycles. The summed E-state index contributed by atoms with van der Waals surface area (Å²) in [5.41, 5.74) is 2.32. The van der Waals surface area contributed by atoms with Gasteiger partial charge in [0.15, 0.2) is 0 Å². The van der Waals surface area contributed by atoms with Crippen LogP contribution in [0, 0.1) is 5.92 Å². The molecule has 28 heavy (non-hydrogen) atoms. The summed E-state index contributed by atoms with van der Waals surface area (Å²) in [5.74, 6) is 1.23. The van der Waals surface area contributed by atoms with Crippen LogP contribution in [0.2, 0.25) is 0 Å². The zero-order valence-electron chi connectivity index (χ0n) is 16.7. The molecule has 1 saturated heterocycles. The van der Waals surface area contributed by atoms with Gasteiger partial charge < -0.3 is 14.8 Å². The fourth-order valence-electron chi connectivity index (χ4n) is 4.73. The molecule has 0 bridgehead atoms. The summed E-state index contributed by atoms with van der Waals surface area (Å²) in [6.07, 6.45) is 10.3. The largest absolute Gasteiger partial charge is 0.361 e. The second-order valence-corrected chi connectivity index (χ2v) is 8.31. The van der Waals surface area contributed by atoms with Crippen LogP contribution >= 0.6 is 0 Å². The minimum Gasteiger partial charge on any atom is -0.361 e. The Labute approximate surface area is 167 Å². The second-order valence-electron chi connectivity index (χ2n) is 8.31. The Kier molecular flexibility index (Phi) is 5.98. The number of nitrogens with one attached hydrogen (secondary N) is 1. The van der Waals surface area contributed by atoms with Crippen molar-refractivity contribution in [3.05, 3.63) is 36.0 Å². The molecule has 5 nitrogen and oxygen atoms in total. The number of aryl methyl sites for hydroxylation is 1. The van der Waals surface area contributed by atoms with Gasteiger partial charge in [-0.1, -0.05) is 43.9 Å². The molecule has 4 rings (SSSR count). The molecule has 2 aromatic rings. The second kappa shape index (κ2) is 8.80. The van der Waals surface area contributed by atoms with E-state index < -0.39 is 0 Å². The van der Waals surface area contributed by atoms with Crippen molar-refractivity contribution >= 4 is 22.7 Å². The van der Waals surface area contributed by atoms with Crippen LogP contribution in [-0.4, -0.2) is 52.8 Å². The molecule has 2 amide bonds. The van der Waals surface area contributed by atoms with E-state index in [1.54, 1.807) is 0 Å². The van der Waals surface area contributed by atoms with Crippen molar-refractivity contribution in [3.63, 3.8) is 0 Å². The highest BCUT2D eigenvalue weighted by molar-refractivity contribution is 5.84. The van der Waals surface area contributed by atoms with Gasteiger partial charge >= 0.3 is 0 Å². The van der Waals surface area contributed by atoms with E-state index in [2.05, 4.69) is 17.1 Å². The molecule has 1 N–H and O–H groups in total. The van der Waals surface area contributed by atoms with Gasteiger partial charge in [-0.05, 0) is 30.4 Å². The molecule has 2 fully saturated rings. The number of carbonyl (C=O) groups is 2. The number of hydrogen-bond donors (Lipinski definition) is 1. The Morgan fingerprint density at radius 3 is 2.29 bits per heavy atom. The van der Waals surface area contributed by atoms with Crippen molar-refractivity contribution in [1.82, 2.24) is 14.8 Å². The average molecular weight is 382 g/mol. The Balaban J connectivity index is 1.21. The number of rotatable bonds is 6. The van der Waals surface area contributed by atoms with E-state index in [1.807, 2.05) is 28.1 Å². The average Bonchev–Trinajstić information content (AvgIpc) is 3.40. The molecular weight excluding hydrogens is 350 g/mol.